The van der Waals surface area contributed by atoms with E-state index in [1.807, 2.05) is 0 Å². The molecule has 0 saturated carbocycles. The fraction of sp³-hybridized carbons (Fsp3) is 0.312. The monoisotopic (exact) mass is 354 g/mol. The van der Waals surface area contributed by atoms with Crippen LogP contribution in [-0.2, 0) is 7.05 Å². The summed E-state index contributed by atoms with van der Waals surface area (Å²) in [4.78, 5) is 24.5. The number of rotatable bonds is 1. The molecule has 2 amide bonds. The molecular formula is C16H20F2N4O3. The number of hydrogen-bond donors (Lipinski definition) is 2. The maximum Gasteiger partial charge on any atom is 0.323 e. The molecule has 136 valence electrons. The van der Waals surface area contributed by atoms with Crippen molar-refractivity contribution in [3.05, 3.63) is 52.3 Å². The van der Waals surface area contributed by atoms with Gasteiger partial charge in [0.2, 0.25) is 0 Å². The molecule has 2 N–H and O–H groups in total. The third-order valence-electron chi connectivity index (χ3n) is 3.49. The van der Waals surface area contributed by atoms with Crippen molar-refractivity contribution in [1.29, 1.82) is 0 Å². The first-order valence-electron chi connectivity index (χ1n) is 7.61. The number of benzene rings is 1. The van der Waals surface area contributed by atoms with Crippen molar-refractivity contribution in [1.82, 2.24) is 14.7 Å². The summed E-state index contributed by atoms with van der Waals surface area (Å²) in [7, 11) is 1.55. The average molecular weight is 354 g/mol. The van der Waals surface area contributed by atoms with E-state index >= 15 is 0 Å². The van der Waals surface area contributed by atoms with Gasteiger partial charge in [0.1, 0.15) is 5.75 Å². The minimum absolute atomic E-state index is 0. The zero-order chi connectivity index (χ0) is 18.4. The number of likely N-dealkylation sites (tertiary alicyclic amines) is 1. The summed E-state index contributed by atoms with van der Waals surface area (Å²) >= 11 is 0. The van der Waals surface area contributed by atoms with Crippen molar-refractivity contribution in [2.24, 2.45) is 7.05 Å². The molecule has 9 heteroatoms. The van der Waals surface area contributed by atoms with Crippen molar-refractivity contribution >= 4 is 11.8 Å². The third-order valence-corrected chi connectivity index (χ3v) is 3.49. The van der Waals surface area contributed by atoms with Gasteiger partial charge in [0, 0.05) is 33.7 Å². The molecular weight excluding hydrogens is 334 g/mol. The first kappa shape index (κ1) is 18.4. The number of amides is 2. The molecule has 1 aromatic carbocycles. The Kier molecular flexibility index (Phi) is 6.04. The van der Waals surface area contributed by atoms with Crippen LogP contribution in [0.15, 0.2) is 35.1 Å². The number of halogens is 2. The molecule has 0 radical (unpaired) electrons. The van der Waals surface area contributed by atoms with Crippen molar-refractivity contribution in [3.8, 4) is 5.75 Å². The number of nitrogens with zero attached hydrogens (tertiary/aromatic N) is 3. The van der Waals surface area contributed by atoms with Crippen LogP contribution in [0.25, 0.3) is 0 Å². The number of phenolic OH excluding ortho intramolecular Hbond substituents is 1. The van der Waals surface area contributed by atoms with E-state index in [-0.39, 0.29) is 18.8 Å². The summed E-state index contributed by atoms with van der Waals surface area (Å²) in [5, 5.41) is 15.1. The standard InChI is InChI=1S/C10H14N4O2.C6H4F2O.H2/c1-13-9(15)5-4-8(12-13)11-10(16)14-6-2-3-7-14;7-5-2-1-4(9)3-6(5)8;/h4-5H,2-3,6-7H2,1H3,(H,11,12,16);1-3,9H;1H. The molecule has 2 aromatic rings. The Morgan fingerprint density at radius 2 is 1.88 bits per heavy atom. The second-order valence-corrected chi connectivity index (χ2v) is 5.40. The van der Waals surface area contributed by atoms with Gasteiger partial charge < -0.3 is 10.0 Å². The van der Waals surface area contributed by atoms with E-state index in [4.69, 9.17) is 5.11 Å². The van der Waals surface area contributed by atoms with Crippen LogP contribution in [-0.4, -0.2) is 38.9 Å². The Morgan fingerprint density at radius 1 is 1.20 bits per heavy atom. The first-order valence-corrected chi connectivity index (χ1v) is 7.61. The highest BCUT2D eigenvalue weighted by Gasteiger charge is 2.18. The Hall–Kier alpha value is -2.97. The second kappa shape index (κ2) is 8.22. The normalized spacial score (nSPS) is 13.2. The van der Waals surface area contributed by atoms with Gasteiger partial charge in [-0.3, -0.25) is 10.1 Å². The van der Waals surface area contributed by atoms with Gasteiger partial charge in [-0.1, -0.05) is 0 Å². The lowest BCUT2D eigenvalue weighted by molar-refractivity contribution is 0.222. The van der Waals surface area contributed by atoms with Crippen LogP contribution in [0.5, 0.6) is 5.75 Å². The van der Waals surface area contributed by atoms with Gasteiger partial charge in [0.15, 0.2) is 17.5 Å². The van der Waals surface area contributed by atoms with E-state index in [2.05, 4.69) is 10.4 Å². The number of aromatic nitrogens is 2. The summed E-state index contributed by atoms with van der Waals surface area (Å²) in [6.07, 6.45) is 2.10. The molecule has 1 saturated heterocycles. The van der Waals surface area contributed by atoms with Gasteiger partial charge in [-0.15, -0.1) is 0 Å². The number of urea groups is 1. The fourth-order valence-corrected chi connectivity index (χ4v) is 2.16. The number of aromatic hydroxyl groups is 1. The van der Waals surface area contributed by atoms with Gasteiger partial charge in [-0.2, -0.15) is 5.10 Å². The van der Waals surface area contributed by atoms with Gasteiger partial charge in [-0.05, 0) is 31.0 Å². The maximum atomic E-state index is 12.0. The van der Waals surface area contributed by atoms with Crippen LogP contribution in [0.4, 0.5) is 19.4 Å². The lowest BCUT2D eigenvalue weighted by Gasteiger charge is -2.15. The molecule has 0 spiro atoms. The van der Waals surface area contributed by atoms with Crippen LogP contribution < -0.4 is 10.9 Å². The number of phenols is 1. The predicted octanol–water partition coefficient (Wildman–Crippen LogP) is 2.32. The molecule has 25 heavy (non-hydrogen) atoms. The largest absolute Gasteiger partial charge is 0.508 e. The molecule has 0 bridgehead atoms. The SMILES string of the molecule is Cn1nc(NC(=O)N2CCCC2)ccc1=O.Oc1ccc(F)c(F)c1.[HH]. The Morgan fingerprint density at radius 3 is 2.44 bits per heavy atom. The lowest BCUT2D eigenvalue weighted by atomic mass is 10.3. The summed E-state index contributed by atoms with van der Waals surface area (Å²) < 4.78 is 25.3. The van der Waals surface area contributed by atoms with Crippen LogP contribution in [0, 0.1) is 11.6 Å². The van der Waals surface area contributed by atoms with E-state index in [1.165, 1.54) is 16.8 Å². The highest BCUT2D eigenvalue weighted by atomic mass is 19.2. The molecule has 1 aromatic heterocycles. The van der Waals surface area contributed by atoms with E-state index < -0.39 is 11.6 Å². The van der Waals surface area contributed by atoms with E-state index in [0.29, 0.717) is 5.82 Å². The van der Waals surface area contributed by atoms with Crippen molar-refractivity contribution in [2.75, 3.05) is 18.4 Å². The molecule has 2 heterocycles. The van der Waals surface area contributed by atoms with Gasteiger partial charge in [0.05, 0.1) is 0 Å². The predicted molar refractivity (Wildman–Crippen MR) is 89.4 cm³/mol. The van der Waals surface area contributed by atoms with Crippen molar-refractivity contribution < 1.29 is 20.1 Å². The van der Waals surface area contributed by atoms with Crippen molar-refractivity contribution in [3.63, 3.8) is 0 Å². The Bertz CT molecular complexity index is 810. The highest BCUT2D eigenvalue weighted by molar-refractivity contribution is 5.88. The number of carbonyl (C=O) groups is 1. The molecule has 0 aliphatic carbocycles. The second-order valence-electron chi connectivity index (χ2n) is 5.40. The fourth-order valence-electron chi connectivity index (χ4n) is 2.16. The zero-order valence-corrected chi connectivity index (χ0v) is 13.6. The summed E-state index contributed by atoms with van der Waals surface area (Å²) in [6, 6.07) is 5.41. The first-order chi connectivity index (χ1) is 11.9. The van der Waals surface area contributed by atoms with Gasteiger partial charge in [-0.25, -0.2) is 18.3 Å². The minimum atomic E-state index is -1.03. The Balaban J connectivity index is 0.000000290. The number of hydrogen-bond acceptors (Lipinski definition) is 4. The smallest absolute Gasteiger partial charge is 0.323 e. The third kappa shape index (κ3) is 5.27. The van der Waals surface area contributed by atoms with Gasteiger partial charge >= 0.3 is 6.03 Å². The van der Waals surface area contributed by atoms with Crippen molar-refractivity contribution in [2.45, 2.75) is 12.8 Å². The molecule has 7 nitrogen and oxygen atoms in total. The van der Waals surface area contributed by atoms with Crippen LogP contribution in [0.1, 0.15) is 14.3 Å². The van der Waals surface area contributed by atoms with Crippen LogP contribution >= 0.6 is 0 Å². The molecule has 1 aliphatic rings. The molecule has 0 atom stereocenters. The van der Waals surface area contributed by atoms with E-state index in [9.17, 15) is 18.4 Å². The Labute approximate surface area is 144 Å². The van der Waals surface area contributed by atoms with Crippen LogP contribution in [0.3, 0.4) is 0 Å². The molecule has 1 aliphatic heterocycles. The van der Waals surface area contributed by atoms with Crippen LogP contribution in [0.2, 0.25) is 0 Å². The van der Waals surface area contributed by atoms with E-state index in [1.54, 1.807) is 11.9 Å². The molecule has 3 rings (SSSR count). The lowest BCUT2D eigenvalue weighted by Crippen LogP contribution is -2.33. The topological polar surface area (TPSA) is 87.5 Å². The number of aryl methyl sites for hydroxylation is 1. The summed E-state index contributed by atoms with van der Waals surface area (Å²) in [6.45, 7) is 1.58. The summed E-state index contributed by atoms with van der Waals surface area (Å²) in [5.74, 6) is -1.85. The molecule has 1 fully saturated rings. The molecule has 0 unspecified atom stereocenters. The average Bonchev–Trinajstić information content (AvgIpc) is 3.10. The highest BCUT2D eigenvalue weighted by Crippen LogP contribution is 2.12. The quantitative estimate of drug-likeness (QED) is 0.823. The minimum Gasteiger partial charge on any atom is -0.508 e. The number of anilines is 1. The van der Waals surface area contributed by atoms with E-state index in [0.717, 1.165) is 44.1 Å². The maximum absolute atomic E-state index is 12.0. The number of carbonyl (C=O) groups excluding carboxylic acids is 1. The number of nitrogens with one attached hydrogen (secondary N) is 1. The zero-order valence-electron chi connectivity index (χ0n) is 13.6. The van der Waals surface area contributed by atoms with Gasteiger partial charge in [0.25, 0.3) is 5.56 Å². The summed E-state index contributed by atoms with van der Waals surface area (Å²) in [5.41, 5.74) is -0.195.